The SMILES string of the molecule is CC(C)(C)OCC1CC1C(F)(F)F. The van der Waals surface area contributed by atoms with Crippen LogP contribution in [0.2, 0.25) is 0 Å². The van der Waals surface area contributed by atoms with E-state index >= 15 is 0 Å². The molecule has 0 spiro atoms. The van der Waals surface area contributed by atoms with Gasteiger partial charge in [0.1, 0.15) is 0 Å². The minimum absolute atomic E-state index is 0.230. The molecule has 1 nitrogen and oxygen atoms in total. The molecule has 0 aromatic rings. The Labute approximate surface area is 76.3 Å². The molecule has 78 valence electrons. The summed E-state index contributed by atoms with van der Waals surface area (Å²) in [6.45, 7) is 5.77. The molecule has 2 unspecified atom stereocenters. The highest BCUT2D eigenvalue weighted by atomic mass is 19.4. The van der Waals surface area contributed by atoms with Gasteiger partial charge in [0, 0.05) is 0 Å². The van der Waals surface area contributed by atoms with Crippen molar-refractivity contribution in [1.82, 2.24) is 0 Å². The van der Waals surface area contributed by atoms with Crippen LogP contribution < -0.4 is 0 Å². The maximum Gasteiger partial charge on any atom is 0.392 e. The summed E-state index contributed by atoms with van der Waals surface area (Å²) in [6.07, 6.45) is -3.79. The fraction of sp³-hybridized carbons (Fsp3) is 1.00. The summed E-state index contributed by atoms with van der Waals surface area (Å²) >= 11 is 0. The molecular weight excluding hydrogens is 181 g/mol. The van der Waals surface area contributed by atoms with Gasteiger partial charge in [-0.15, -0.1) is 0 Å². The van der Waals surface area contributed by atoms with E-state index in [1.165, 1.54) is 0 Å². The van der Waals surface area contributed by atoms with Crippen molar-refractivity contribution >= 4 is 0 Å². The van der Waals surface area contributed by atoms with Crippen LogP contribution in [0, 0.1) is 11.8 Å². The van der Waals surface area contributed by atoms with Gasteiger partial charge in [-0.3, -0.25) is 0 Å². The summed E-state index contributed by atoms with van der Waals surface area (Å²) < 4.78 is 41.4. The molecule has 2 atom stereocenters. The Bertz CT molecular complexity index is 180. The first kappa shape index (κ1) is 10.8. The zero-order valence-corrected chi connectivity index (χ0v) is 8.11. The van der Waals surface area contributed by atoms with Gasteiger partial charge < -0.3 is 4.74 Å². The second-order valence-electron chi connectivity index (χ2n) is 4.57. The molecule has 1 saturated carbocycles. The second-order valence-corrected chi connectivity index (χ2v) is 4.57. The van der Waals surface area contributed by atoms with Gasteiger partial charge in [-0.05, 0) is 33.1 Å². The van der Waals surface area contributed by atoms with Gasteiger partial charge in [0.2, 0.25) is 0 Å². The van der Waals surface area contributed by atoms with Crippen molar-refractivity contribution in [3.8, 4) is 0 Å². The van der Waals surface area contributed by atoms with Crippen LogP contribution in [0.5, 0.6) is 0 Å². The van der Waals surface area contributed by atoms with Crippen LogP contribution in [-0.2, 0) is 4.74 Å². The van der Waals surface area contributed by atoms with Gasteiger partial charge in [0.15, 0.2) is 0 Å². The van der Waals surface area contributed by atoms with E-state index in [9.17, 15) is 13.2 Å². The molecule has 0 heterocycles. The molecule has 0 N–H and O–H groups in total. The van der Waals surface area contributed by atoms with E-state index in [1.807, 2.05) is 20.8 Å². The lowest BCUT2D eigenvalue weighted by Gasteiger charge is -2.19. The topological polar surface area (TPSA) is 9.23 Å². The van der Waals surface area contributed by atoms with Crippen LogP contribution in [0.3, 0.4) is 0 Å². The zero-order valence-electron chi connectivity index (χ0n) is 8.11. The van der Waals surface area contributed by atoms with Crippen molar-refractivity contribution < 1.29 is 17.9 Å². The highest BCUT2D eigenvalue weighted by molar-refractivity contribution is 4.91. The van der Waals surface area contributed by atoms with Gasteiger partial charge >= 0.3 is 6.18 Å². The Kier molecular flexibility index (Phi) is 2.63. The molecule has 13 heavy (non-hydrogen) atoms. The number of halogens is 3. The Hall–Kier alpha value is -0.250. The van der Waals surface area contributed by atoms with E-state index in [1.54, 1.807) is 0 Å². The quantitative estimate of drug-likeness (QED) is 0.659. The lowest BCUT2D eigenvalue weighted by molar-refractivity contribution is -0.154. The van der Waals surface area contributed by atoms with Crippen molar-refractivity contribution in [2.75, 3.05) is 6.61 Å². The first-order chi connectivity index (χ1) is 5.70. The van der Waals surface area contributed by atoms with Gasteiger partial charge in [-0.2, -0.15) is 13.2 Å². The number of rotatable bonds is 2. The summed E-state index contributed by atoms with van der Waals surface area (Å²) in [7, 11) is 0. The van der Waals surface area contributed by atoms with E-state index in [2.05, 4.69) is 0 Å². The molecule has 0 bridgehead atoms. The second kappa shape index (κ2) is 3.15. The Balaban J connectivity index is 2.22. The van der Waals surface area contributed by atoms with Crippen molar-refractivity contribution in [2.24, 2.45) is 11.8 Å². The van der Waals surface area contributed by atoms with Crippen molar-refractivity contribution in [2.45, 2.75) is 39.0 Å². The number of hydrogen-bond acceptors (Lipinski definition) is 1. The van der Waals surface area contributed by atoms with Gasteiger partial charge in [-0.25, -0.2) is 0 Å². The zero-order chi connectivity index (χ0) is 10.3. The number of ether oxygens (including phenoxy) is 1. The number of alkyl halides is 3. The maximum atomic E-state index is 12.1. The standard InChI is InChI=1S/C9H15F3O/c1-8(2,3)13-5-6-4-7(6)9(10,11)12/h6-7H,4-5H2,1-3H3. The fourth-order valence-electron chi connectivity index (χ4n) is 1.19. The summed E-state index contributed by atoms with van der Waals surface area (Å²) in [6, 6.07) is 0. The monoisotopic (exact) mass is 196 g/mol. The van der Waals surface area contributed by atoms with Crippen LogP contribution in [-0.4, -0.2) is 18.4 Å². The molecule has 1 fully saturated rings. The van der Waals surface area contributed by atoms with Crippen LogP contribution in [0.15, 0.2) is 0 Å². The summed E-state index contributed by atoms with van der Waals surface area (Å²) in [5.74, 6) is -1.42. The fourth-order valence-corrected chi connectivity index (χ4v) is 1.19. The molecule has 0 radical (unpaired) electrons. The molecule has 4 heteroatoms. The van der Waals surface area contributed by atoms with E-state index in [-0.39, 0.29) is 24.5 Å². The van der Waals surface area contributed by atoms with Gasteiger partial charge in [0.05, 0.1) is 18.1 Å². The highest BCUT2D eigenvalue weighted by Crippen LogP contribution is 2.50. The summed E-state index contributed by atoms with van der Waals surface area (Å²) in [5.41, 5.74) is -0.335. The van der Waals surface area contributed by atoms with Crippen LogP contribution in [0.25, 0.3) is 0 Å². The highest BCUT2D eigenvalue weighted by Gasteiger charge is 2.55. The van der Waals surface area contributed by atoms with Gasteiger partial charge in [-0.1, -0.05) is 0 Å². The molecule has 0 aromatic heterocycles. The van der Waals surface area contributed by atoms with Crippen molar-refractivity contribution in [1.29, 1.82) is 0 Å². The average molecular weight is 196 g/mol. The number of hydrogen-bond donors (Lipinski definition) is 0. The van der Waals surface area contributed by atoms with E-state index < -0.39 is 12.1 Å². The lowest BCUT2D eigenvalue weighted by atomic mass is 10.2. The van der Waals surface area contributed by atoms with Crippen molar-refractivity contribution in [3.05, 3.63) is 0 Å². The van der Waals surface area contributed by atoms with Crippen LogP contribution in [0.1, 0.15) is 27.2 Å². The first-order valence-electron chi connectivity index (χ1n) is 4.41. The summed E-state index contributed by atoms with van der Waals surface area (Å²) in [5, 5.41) is 0. The molecular formula is C9H15F3O. The largest absolute Gasteiger partial charge is 0.392 e. The average Bonchev–Trinajstić information content (AvgIpc) is 2.57. The molecule has 1 aliphatic carbocycles. The molecule has 0 aliphatic heterocycles. The van der Waals surface area contributed by atoms with E-state index in [4.69, 9.17) is 4.74 Å². The molecule has 0 saturated heterocycles. The predicted molar refractivity (Wildman–Crippen MR) is 43.4 cm³/mol. The first-order valence-corrected chi connectivity index (χ1v) is 4.41. The normalized spacial score (nSPS) is 29.1. The third-order valence-electron chi connectivity index (χ3n) is 2.07. The smallest absolute Gasteiger partial charge is 0.376 e. The van der Waals surface area contributed by atoms with Crippen LogP contribution in [0.4, 0.5) is 13.2 Å². The summed E-state index contributed by atoms with van der Waals surface area (Å²) in [4.78, 5) is 0. The van der Waals surface area contributed by atoms with Crippen molar-refractivity contribution in [3.63, 3.8) is 0 Å². The van der Waals surface area contributed by atoms with Gasteiger partial charge in [0.25, 0.3) is 0 Å². The Morgan fingerprint density at radius 3 is 2.08 bits per heavy atom. The molecule has 0 aromatic carbocycles. The maximum absolute atomic E-state index is 12.1. The minimum Gasteiger partial charge on any atom is -0.376 e. The minimum atomic E-state index is -4.02. The molecule has 0 amide bonds. The lowest BCUT2D eigenvalue weighted by Crippen LogP contribution is -2.22. The molecule has 1 rings (SSSR count). The third kappa shape index (κ3) is 3.55. The predicted octanol–water partition coefficient (Wildman–Crippen LogP) is 3.00. The molecule has 1 aliphatic rings. The van der Waals surface area contributed by atoms with E-state index in [0.717, 1.165) is 0 Å². The van der Waals surface area contributed by atoms with E-state index in [0.29, 0.717) is 0 Å². The Morgan fingerprint density at radius 1 is 1.23 bits per heavy atom. The Morgan fingerprint density at radius 2 is 1.77 bits per heavy atom. The van der Waals surface area contributed by atoms with Crippen LogP contribution >= 0.6 is 0 Å². The third-order valence-corrected chi connectivity index (χ3v) is 2.07.